The van der Waals surface area contributed by atoms with Crippen molar-refractivity contribution in [2.45, 2.75) is 43.7 Å². The zero-order valence-electron chi connectivity index (χ0n) is 18.4. The van der Waals surface area contributed by atoms with E-state index >= 15 is 0 Å². The van der Waals surface area contributed by atoms with Gasteiger partial charge in [0.05, 0.1) is 6.04 Å². The van der Waals surface area contributed by atoms with Crippen molar-refractivity contribution in [3.8, 4) is 11.1 Å². The van der Waals surface area contributed by atoms with Gasteiger partial charge >= 0.3 is 6.09 Å². The van der Waals surface area contributed by atoms with E-state index in [1.165, 1.54) is 33.4 Å². The Morgan fingerprint density at radius 2 is 1.67 bits per heavy atom. The van der Waals surface area contributed by atoms with Crippen molar-refractivity contribution >= 4 is 27.6 Å². The Bertz CT molecular complexity index is 1200. The van der Waals surface area contributed by atoms with Crippen LogP contribution in [-0.2, 0) is 4.74 Å². The summed E-state index contributed by atoms with van der Waals surface area (Å²) in [4.78, 5) is 15.4. The third-order valence-corrected chi connectivity index (χ3v) is 7.87. The zero-order chi connectivity index (χ0) is 22.4. The second kappa shape index (κ2) is 8.49. The normalized spacial score (nSPS) is 21.2. The van der Waals surface area contributed by atoms with E-state index in [1.807, 2.05) is 4.90 Å². The molecule has 33 heavy (non-hydrogen) atoms. The van der Waals surface area contributed by atoms with Crippen LogP contribution in [0, 0.1) is 0 Å². The van der Waals surface area contributed by atoms with Gasteiger partial charge in [-0.15, -0.1) is 0 Å². The molecule has 0 spiro atoms. The third-order valence-electron chi connectivity index (χ3n) is 7.38. The Morgan fingerprint density at radius 3 is 2.36 bits per heavy atom. The van der Waals surface area contributed by atoms with Crippen LogP contribution in [-0.4, -0.2) is 29.7 Å². The van der Waals surface area contributed by atoms with Gasteiger partial charge in [-0.25, -0.2) is 4.79 Å². The summed E-state index contributed by atoms with van der Waals surface area (Å²) in [6.07, 6.45) is 6.20. The number of nitrogens with zero attached hydrogens (tertiary/aromatic N) is 1. The van der Waals surface area contributed by atoms with E-state index in [9.17, 15) is 4.79 Å². The molecule has 6 rings (SSSR count). The molecule has 2 unspecified atom stereocenters. The number of carbonyl (C=O) groups excluding carboxylic acids is 1. The first-order chi connectivity index (χ1) is 16.2. The Kier molecular flexibility index (Phi) is 5.34. The minimum Gasteiger partial charge on any atom is -0.448 e. The van der Waals surface area contributed by atoms with Crippen LogP contribution >= 0.6 is 15.9 Å². The second-order valence-electron chi connectivity index (χ2n) is 9.27. The molecule has 2 aliphatic heterocycles. The molecule has 166 valence electrons. The fourth-order valence-corrected chi connectivity index (χ4v) is 6.28. The van der Waals surface area contributed by atoms with Crippen LogP contribution in [0.3, 0.4) is 0 Å². The molecule has 2 bridgehead atoms. The van der Waals surface area contributed by atoms with E-state index in [-0.39, 0.29) is 24.1 Å². The molecule has 2 heterocycles. The summed E-state index contributed by atoms with van der Waals surface area (Å²) in [7, 11) is 0. The average molecular weight is 500 g/mol. The number of rotatable bonds is 3. The van der Waals surface area contributed by atoms with Crippen LogP contribution in [0.25, 0.3) is 16.7 Å². The van der Waals surface area contributed by atoms with Crippen LogP contribution < -0.4 is 0 Å². The molecule has 0 radical (unpaired) electrons. The lowest BCUT2D eigenvalue weighted by atomic mass is 9.83. The summed E-state index contributed by atoms with van der Waals surface area (Å²) in [6, 6.07) is 25.7. The van der Waals surface area contributed by atoms with Crippen LogP contribution in [0.1, 0.15) is 48.3 Å². The van der Waals surface area contributed by atoms with E-state index in [1.54, 1.807) is 0 Å². The van der Waals surface area contributed by atoms with Gasteiger partial charge in [0.15, 0.2) is 0 Å². The first kappa shape index (κ1) is 20.7. The van der Waals surface area contributed by atoms with E-state index < -0.39 is 0 Å². The molecule has 1 amide bonds. The molecule has 1 fully saturated rings. The summed E-state index contributed by atoms with van der Waals surface area (Å²) >= 11 is 3.59. The van der Waals surface area contributed by atoms with E-state index in [2.05, 4.69) is 94.8 Å². The van der Waals surface area contributed by atoms with E-state index in [4.69, 9.17) is 4.74 Å². The molecule has 1 saturated heterocycles. The van der Waals surface area contributed by atoms with Gasteiger partial charge in [0.25, 0.3) is 0 Å². The third kappa shape index (κ3) is 3.71. The number of hydrogen-bond donors (Lipinski definition) is 0. The maximum atomic E-state index is 13.4. The van der Waals surface area contributed by atoms with Crippen LogP contribution in [0.5, 0.6) is 0 Å². The largest absolute Gasteiger partial charge is 0.448 e. The molecule has 3 aromatic rings. The van der Waals surface area contributed by atoms with Gasteiger partial charge < -0.3 is 4.74 Å². The van der Waals surface area contributed by atoms with E-state index in [0.29, 0.717) is 6.61 Å². The number of fused-ring (bicyclic) bond motifs is 5. The average Bonchev–Trinajstić information content (AvgIpc) is 3.15. The lowest BCUT2D eigenvalue weighted by molar-refractivity contribution is 0.0539. The minimum absolute atomic E-state index is 0.0961. The molecule has 3 aliphatic rings. The van der Waals surface area contributed by atoms with Crippen molar-refractivity contribution < 1.29 is 9.53 Å². The van der Waals surface area contributed by atoms with E-state index in [0.717, 1.165) is 30.2 Å². The van der Waals surface area contributed by atoms with Gasteiger partial charge in [0.2, 0.25) is 0 Å². The second-order valence-corrected chi connectivity index (χ2v) is 10.2. The number of amides is 1. The molecule has 0 aromatic heterocycles. The highest BCUT2D eigenvalue weighted by Crippen LogP contribution is 2.45. The summed E-state index contributed by atoms with van der Waals surface area (Å²) in [5.74, 6) is 0.0961. The molecule has 3 aromatic carbocycles. The minimum atomic E-state index is -0.170. The fraction of sp³-hybridized carbons (Fsp3) is 0.276. The van der Waals surface area contributed by atoms with Crippen LogP contribution in [0.15, 0.2) is 83.3 Å². The summed E-state index contributed by atoms with van der Waals surface area (Å²) in [5.41, 5.74) is 7.60. The summed E-state index contributed by atoms with van der Waals surface area (Å²) < 4.78 is 7.11. The van der Waals surface area contributed by atoms with Gasteiger partial charge in [-0.05, 0) is 71.2 Å². The molecule has 4 heteroatoms. The van der Waals surface area contributed by atoms with Gasteiger partial charge in [0, 0.05) is 16.4 Å². The van der Waals surface area contributed by atoms with Crippen molar-refractivity contribution in [2.75, 3.05) is 6.61 Å². The van der Waals surface area contributed by atoms with Gasteiger partial charge in [-0.2, -0.15) is 0 Å². The Hall–Kier alpha value is -2.85. The summed E-state index contributed by atoms with van der Waals surface area (Å²) in [6.45, 7) is 0.380. The lowest BCUT2D eigenvalue weighted by Crippen LogP contribution is -2.51. The number of ether oxygens (including phenoxy) is 1. The molecule has 0 N–H and O–H groups in total. The first-order valence-corrected chi connectivity index (χ1v) is 12.6. The van der Waals surface area contributed by atoms with Gasteiger partial charge in [-0.3, -0.25) is 4.90 Å². The number of hydrogen-bond acceptors (Lipinski definition) is 2. The lowest BCUT2D eigenvalue weighted by Gasteiger charge is -2.44. The highest BCUT2D eigenvalue weighted by Gasteiger charge is 2.39. The quantitative estimate of drug-likeness (QED) is 0.375. The van der Waals surface area contributed by atoms with Crippen molar-refractivity contribution in [1.29, 1.82) is 0 Å². The van der Waals surface area contributed by atoms with Crippen molar-refractivity contribution in [2.24, 2.45) is 0 Å². The zero-order valence-corrected chi connectivity index (χ0v) is 20.0. The smallest absolute Gasteiger partial charge is 0.410 e. The highest BCUT2D eigenvalue weighted by atomic mass is 79.9. The topological polar surface area (TPSA) is 29.5 Å². The number of halogens is 1. The monoisotopic (exact) mass is 499 g/mol. The van der Waals surface area contributed by atoms with Gasteiger partial charge in [-0.1, -0.05) is 82.7 Å². The molecular formula is C29H26BrNO2. The standard InChI is InChI=1S/C29H26BrNO2/c30-21-8-5-7-19(15-21)20-16-22-9-6-10-23(17-20)31(22)29(32)33-18-28-26-13-3-1-11-24(26)25-12-2-4-14-27(25)28/h1-5,7-8,11-16,22-23,28H,6,9-10,17-18H2. The highest BCUT2D eigenvalue weighted by molar-refractivity contribution is 9.10. The Labute approximate surface area is 203 Å². The van der Waals surface area contributed by atoms with Crippen molar-refractivity contribution in [3.63, 3.8) is 0 Å². The molecule has 1 aliphatic carbocycles. The predicted octanol–water partition coefficient (Wildman–Crippen LogP) is 7.41. The number of carbonyl (C=O) groups is 1. The SMILES string of the molecule is O=C(OCC1c2ccccc2-c2ccccc21)N1C2C=C(c3cccc(Br)c3)CC1CCC2. The maximum Gasteiger partial charge on any atom is 0.410 e. The van der Waals surface area contributed by atoms with Crippen molar-refractivity contribution in [3.05, 3.63) is 100 Å². The number of benzene rings is 3. The molecule has 0 saturated carbocycles. The Balaban J connectivity index is 1.22. The van der Waals surface area contributed by atoms with Crippen LogP contribution in [0.4, 0.5) is 4.79 Å². The van der Waals surface area contributed by atoms with Crippen molar-refractivity contribution in [1.82, 2.24) is 4.90 Å². The molecule has 2 atom stereocenters. The predicted molar refractivity (Wildman–Crippen MR) is 135 cm³/mol. The molecule has 3 nitrogen and oxygen atoms in total. The first-order valence-electron chi connectivity index (χ1n) is 11.8. The fourth-order valence-electron chi connectivity index (χ4n) is 5.89. The maximum absolute atomic E-state index is 13.4. The Morgan fingerprint density at radius 1 is 0.939 bits per heavy atom. The molecular weight excluding hydrogens is 474 g/mol. The summed E-state index contributed by atoms with van der Waals surface area (Å²) in [5, 5.41) is 0. The van der Waals surface area contributed by atoms with Gasteiger partial charge in [0.1, 0.15) is 6.61 Å². The van der Waals surface area contributed by atoms with Crippen LogP contribution in [0.2, 0.25) is 0 Å². The number of piperidine rings is 1.